The molecule has 1 aromatic carbocycles. The Morgan fingerprint density at radius 2 is 2.14 bits per heavy atom. The Morgan fingerprint density at radius 1 is 1.43 bits per heavy atom. The molecule has 74 valence electrons. The Hall–Kier alpha value is -0.150. The fraction of sp³-hybridized carbons (Fsp3) is 0.364. The highest BCUT2D eigenvalue weighted by Crippen LogP contribution is 2.31. The fourth-order valence-electron chi connectivity index (χ4n) is 1.81. The summed E-state index contributed by atoms with van der Waals surface area (Å²) in [5, 5.41) is 0. The zero-order valence-electron chi connectivity index (χ0n) is 7.76. The van der Waals surface area contributed by atoms with E-state index in [-0.39, 0.29) is 10.6 Å². The Morgan fingerprint density at radius 3 is 2.86 bits per heavy atom. The molecule has 0 saturated heterocycles. The number of ketones is 1. The van der Waals surface area contributed by atoms with Crippen LogP contribution in [0.3, 0.4) is 0 Å². The molecular weight excluding hydrogens is 308 g/mol. The van der Waals surface area contributed by atoms with Crippen LogP contribution in [0.4, 0.5) is 0 Å². The van der Waals surface area contributed by atoms with E-state index in [0.717, 1.165) is 16.5 Å². The molecule has 0 aromatic heterocycles. The van der Waals surface area contributed by atoms with Crippen molar-refractivity contribution < 1.29 is 4.79 Å². The Balaban J connectivity index is 2.51. The van der Waals surface area contributed by atoms with E-state index < -0.39 is 0 Å². The Bertz CT molecular complexity index is 387. The van der Waals surface area contributed by atoms with Gasteiger partial charge < -0.3 is 0 Å². The predicted molar refractivity (Wildman–Crippen MR) is 64.1 cm³/mol. The normalized spacial score (nSPS) is 26.1. The van der Waals surface area contributed by atoms with E-state index in [1.54, 1.807) is 0 Å². The lowest BCUT2D eigenvalue weighted by atomic mass is 9.84. The molecule has 2 unspecified atom stereocenters. The van der Waals surface area contributed by atoms with Crippen molar-refractivity contribution in [3.63, 3.8) is 0 Å². The number of fused-ring (bicyclic) bond motifs is 1. The van der Waals surface area contributed by atoms with Gasteiger partial charge in [-0.25, -0.2) is 0 Å². The molecule has 1 aromatic rings. The van der Waals surface area contributed by atoms with E-state index in [1.165, 1.54) is 5.56 Å². The molecular formula is C11H10Br2O. The van der Waals surface area contributed by atoms with Crippen LogP contribution in [0.15, 0.2) is 22.7 Å². The van der Waals surface area contributed by atoms with Crippen molar-refractivity contribution in [2.45, 2.75) is 18.2 Å². The van der Waals surface area contributed by atoms with Gasteiger partial charge in [0.25, 0.3) is 0 Å². The SMILES string of the molecule is CC1Cc2ccc(Br)cc2C(=O)C1Br. The third-order valence-corrected chi connectivity index (χ3v) is 4.44. The molecule has 0 radical (unpaired) electrons. The summed E-state index contributed by atoms with van der Waals surface area (Å²) in [5.74, 6) is 0.594. The molecule has 2 atom stereocenters. The number of carbonyl (C=O) groups excluding carboxylic acids is 1. The van der Waals surface area contributed by atoms with E-state index in [2.05, 4.69) is 38.8 Å². The molecule has 1 aliphatic rings. The zero-order valence-corrected chi connectivity index (χ0v) is 10.9. The number of rotatable bonds is 0. The van der Waals surface area contributed by atoms with Gasteiger partial charge in [0.2, 0.25) is 0 Å². The molecule has 2 rings (SSSR count). The molecule has 0 saturated carbocycles. The smallest absolute Gasteiger partial charge is 0.177 e. The summed E-state index contributed by atoms with van der Waals surface area (Å²) >= 11 is 6.83. The van der Waals surface area contributed by atoms with Gasteiger partial charge in [-0.05, 0) is 30.0 Å². The number of hydrogen-bond donors (Lipinski definition) is 0. The van der Waals surface area contributed by atoms with Crippen LogP contribution in [0.2, 0.25) is 0 Å². The summed E-state index contributed by atoms with van der Waals surface area (Å²) < 4.78 is 0.971. The first-order valence-corrected chi connectivity index (χ1v) is 6.27. The average Bonchev–Trinajstić information content (AvgIpc) is 2.16. The summed E-state index contributed by atoms with van der Waals surface area (Å²) in [4.78, 5) is 11.9. The lowest BCUT2D eigenvalue weighted by Gasteiger charge is -2.25. The maximum absolute atomic E-state index is 11.9. The van der Waals surface area contributed by atoms with Crippen LogP contribution in [0.1, 0.15) is 22.8 Å². The number of carbonyl (C=O) groups is 1. The van der Waals surface area contributed by atoms with Gasteiger partial charge >= 0.3 is 0 Å². The van der Waals surface area contributed by atoms with Crippen molar-refractivity contribution in [2.24, 2.45) is 5.92 Å². The molecule has 0 heterocycles. The third-order valence-electron chi connectivity index (χ3n) is 2.63. The fourth-order valence-corrected chi connectivity index (χ4v) is 2.61. The highest BCUT2D eigenvalue weighted by Gasteiger charge is 2.30. The van der Waals surface area contributed by atoms with Gasteiger partial charge in [0.05, 0.1) is 4.83 Å². The van der Waals surface area contributed by atoms with Crippen molar-refractivity contribution in [3.8, 4) is 0 Å². The lowest BCUT2D eigenvalue weighted by Crippen LogP contribution is -2.30. The van der Waals surface area contributed by atoms with E-state index in [0.29, 0.717) is 5.92 Å². The second-order valence-corrected chi connectivity index (χ2v) is 5.65. The molecule has 0 bridgehead atoms. The zero-order chi connectivity index (χ0) is 10.3. The quantitative estimate of drug-likeness (QED) is 0.668. The molecule has 0 spiro atoms. The number of alkyl halides is 1. The maximum Gasteiger partial charge on any atom is 0.177 e. The van der Waals surface area contributed by atoms with Crippen molar-refractivity contribution in [1.82, 2.24) is 0 Å². The first kappa shape index (κ1) is 10.4. The van der Waals surface area contributed by atoms with Crippen LogP contribution in [0.5, 0.6) is 0 Å². The van der Waals surface area contributed by atoms with E-state index in [4.69, 9.17) is 0 Å². The number of halogens is 2. The highest BCUT2D eigenvalue weighted by atomic mass is 79.9. The van der Waals surface area contributed by atoms with Crippen molar-refractivity contribution in [3.05, 3.63) is 33.8 Å². The second-order valence-electron chi connectivity index (χ2n) is 3.75. The van der Waals surface area contributed by atoms with Crippen LogP contribution in [0, 0.1) is 5.92 Å². The second kappa shape index (κ2) is 3.78. The summed E-state index contributed by atoms with van der Waals surface area (Å²) in [6.07, 6.45) is 0.976. The first-order chi connectivity index (χ1) is 6.59. The predicted octanol–water partition coefficient (Wildman–Crippen LogP) is 3.59. The van der Waals surface area contributed by atoms with Gasteiger partial charge in [-0.3, -0.25) is 4.79 Å². The summed E-state index contributed by atoms with van der Waals surface area (Å²) in [7, 11) is 0. The van der Waals surface area contributed by atoms with Gasteiger partial charge in [0, 0.05) is 10.0 Å². The molecule has 0 fully saturated rings. The molecule has 1 aliphatic carbocycles. The maximum atomic E-state index is 11.9. The minimum atomic E-state index is -0.0238. The van der Waals surface area contributed by atoms with Crippen molar-refractivity contribution in [2.75, 3.05) is 0 Å². The monoisotopic (exact) mass is 316 g/mol. The molecule has 0 N–H and O–H groups in total. The number of benzene rings is 1. The van der Waals surface area contributed by atoms with Crippen LogP contribution >= 0.6 is 31.9 Å². The molecule has 14 heavy (non-hydrogen) atoms. The van der Waals surface area contributed by atoms with E-state index >= 15 is 0 Å². The van der Waals surface area contributed by atoms with Crippen LogP contribution in [0.25, 0.3) is 0 Å². The molecule has 0 aliphatic heterocycles. The standard InChI is InChI=1S/C11H10Br2O/c1-6-4-7-2-3-8(12)5-9(7)11(14)10(6)13/h2-3,5-6,10H,4H2,1H3. The molecule has 1 nitrogen and oxygen atoms in total. The molecule has 0 amide bonds. The summed E-state index contributed by atoms with van der Waals surface area (Å²) in [6, 6.07) is 5.94. The Labute approximate surface area is 100 Å². The van der Waals surface area contributed by atoms with Crippen molar-refractivity contribution in [1.29, 1.82) is 0 Å². The minimum Gasteiger partial charge on any atom is -0.293 e. The highest BCUT2D eigenvalue weighted by molar-refractivity contribution is 9.10. The van der Waals surface area contributed by atoms with Gasteiger partial charge in [-0.15, -0.1) is 0 Å². The third kappa shape index (κ3) is 1.68. The minimum absolute atomic E-state index is 0.0238. The van der Waals surface area contributed by atoms with Gasteiger partial charge in [-0.1, -0.05) is 44.8 Å². The van der Waals surface area contributed by atoms with Crippen LogP contribution < -0.4 is 0 Å². The molecule has 3 heteroatoms. The van der Waals surface area contributed by atoms with Crippen molar-refractivity contribution >= 4 is 37.6 Å². The average molecular weight is 318 g/mol. The van der Waals surface area contributed by atoms with Crippen LogP contribution in [-0.2, 0) is 6.42 Å². The summed E-state index contributed by atoms with van der Waals surface area (Å²) in [5.41, 5.74) is 2.03. The number of hydrogen-bond acceptors (Lipinski definition) is 1. The topological polar surface area (TPSA) is 17.1 Å². The van der Waals surface area contributed by atoms with E-state index in [9.17, 15) is 4.79 Å². The van der Waals surface area contributed by atoms with Crippen LogP contribution in [-0.4, -0.2) is 10.6 Å². The Kier molecular flexibility index (Phi) is 2.80. The van der Waals surface area contributed by atoms with Gasteiger partial charge in [0.1, 0.15) is 0 Å². The summed E-state index contributed by atoms with van der Waals surface area (Å²) in [6.45, 7) is 2.10. The van der Waals surface area contributed by atoms with E-state index in [1.807, 2.05) is 18.2 Å². The largest absolute Gasteiger partial charge is 0.293 e. The van der Waals surface area contributed by atoms with Gasteiger partial charge in [-0.2, -0.15) is 0 Å². The number of Topliss-reactive ketones (excluding diaryl/α,β-unsaturated/α-hetero) is 1. The first-order valence-electron chi connectivity index (χ1n) is 4.56. The lowest BCUT2D eigenvalue weighted by molar-refractivity contribution is 0.0964. The van der Waals surface area contributed by atoms with Gasteiger partial charge in [0.15, 0.2) is 5.78 Å².